The van der Waals surface area contributed by atoms with Gasteiger partial charge in [0.15, 0.2) is 6.61 Å². The summed E-state index contributed by atoms with van der Waals surface area (Å²) >= 11 is 5.99. The summed E-state index contributed by atoms with van der Waals surface area (Å²) in [6, 6.07) is 5.55. The summed E-state index contributed by atoms with van der Waals surface area (Å²) < 4.78 is 4.85. The second-order valence-electron chi connectivity index (χ2n) is 4.83. The number of amides is 1. The molecule has 1 atom stereocenters. The molecule has 0 bridgehead atoms. The number of benzene rings is 1. The van der Waals surface area contributed by atoms with Crippen molar-refractivity contribution < 1.29 is 14.3 Å². The van der Waals surface area contributed by atoms with Crippen LogP contribution in [0.1, 0.15) is 31.4 Å². The molecule has 0 aliphatic heterocycles. The number of aryl methyl sites for hydroxylation is 1. The zero-order valence-corrected chi connectivity index (χ0v) is 13.2. The van der Waals surface area contributed by atoms with Crippen molar-refractivity contribution in [3.63, 3.8) is 0 Å². The summed E-state index contributed by atoms with van der Waals surface area (Å²) in [5, 5.41) is 3.35. The van der Waals surface area contributed by atoms with E-state index >= 15 is 0 Å². The number of esters is 1. The molecule has 0 aliphatic rings. The molecule has 1 rings (SSSR count). The van der Waals surface area contributed by atoms with Crippen LogP contribution in [0.5, 0.6) is 0 Å². The fourth-order valence-corrected chi connectivity index (χ4v) is 1.67. The summed E-state index contributed by atoms with van der Waals surface area (Å²) in [6.45, 7) is 5.48. The first-order valence-corrected chi connectivity index (χ1v) is 7.20. The lowest BCUT2D eigenvalue weighted by molar-refractivity contribution is -0.144. The largest absolute Gasteiger partial charge is 0.452 e. The van der Waals surface area contributed by atoms with E-state index in [0.717, 1.165) is 17.5 Å². The van der Waals surface area contributed by atoms with Crippen LogP contribution in [0.25, 0.3) is 6.08 Å². The van der Waals surface area contributed by atoms with Crippen LogP contribution < -0.4 is 5.32 Å². The Morgan fingerprint density at radius 1 is 1.43 bits per heavy atom. The Balaban J connectivity index is 2.44. The normalized spacial score (nSPS) is 12.2. The number of halogens is 1. The van der Waals surface area contributed by atoms with Crippen LogP contribution in [0, 0.1) is 6.92 Å². The van der Waals surface area contributed by atoms with Gasteiger partial charge in [0, 0.05) is 17.1 Å². The Hall–Kier alpha value is -1.81. The Morgan fingerprint density at radius 3 is 2.76 bits per heavy atom. The molecular weight excluding hydrogens is 290 g/mol. The minimum Gasteiger partial charge on any atom is -0.452 e. The lowest BCUT2D eigenvalue weighted by Crippen LogP contribution is -2.35. The number of carbonyl (C=O) groups excluding carboxylic acids is 2. The van der Waals surface area contributed by atoms with Gasteiger partial charge < -0.3 is 10.1 Å². The van der Waals surface area contributed by atoms with E-state index in [1.165, 1.54) is 6.08 Å². The van der Waals surface area contributed by atoms with Crippen LogP contribution in [0.2, 0.25) is 5.02 Å². The fourth-order valence-electron chi connectivity index (χ4n) is 1.48. The average Bonchev–Trinajstić information content (AvgIpc) is 2.46. The van der Waals surface area contributed by atoms with Gasteiger partial charge in [0.05, 0.1) is 0 Å². The first kappa shape index (κ1) is 17.2. The van der Waals surface area contributed by atoms with Crippen LogP contribution in [0.4, 0.5) is 0 Å². The van der Waals surface area contributed by atoms with Crippen molar-refractivity contribution in [1.82, 2.24) is 5.32 Å². The van der Waals surface area contributed by atoms with Crippen molar-refractivity contribution >= 4 is 29.6 Å². The molecular formula is C16H20ClNO3. The van der Waals surface area contributed by atoms with Crippen molar-refractivity contribution in [2.75, 3.05) is 6.61 Å². The minimum absolute atomic E-state index is 0.0708. The van der Waals surface area contributed by atoms with Gasteiger partial charge in [0.2, 0.25) is 0 Å². The number of hydrogen-bond acceptors (Lipinski definition) is 3. The average molecular weight is 310 g/mol. The first-order chi connectivity index (χ1) is 9.92. The Bertz CT molecular complexity index is 540. The second kappa shape index (κ2) is 8.47. The molecule has 0 saturated carbocycles. The number of hydrogen-bond donors (Lipinski definition) is 1. The quantitative estimate of drug-likeness (QED) is 0.649. The van der Waals surface area contributed by atoms with E-state index < -0.39 is 5.97 Å². The topological polar surface area (TPSA) is 55.4 Å². The SMILES string of the molecule is CC[C@H](C)NC(=O)COC(=O)/C=C/c1ccc(C)c(Cl)c1. The molecule has 0 saturated heterocycles. The van der Waals surface area contributed by atoms with Crippen LogP contribution in [0.15, 0.2) is 24.3 Å². The van der Waals surface area contributed by atoms with Crippen molar-refractivity contribution in [2.24, 2.45) is 0 Å². The van der Waals surface area contributed by atoms with E-state index in [1.807, 2.05) is 32.9 Å². The Kier molecular flexibility index (Phi) is 6.96. The highest BCUT2D eigenvalue weighted by Gasteiger charge is 2.07. The Morgan fingerprint density at radius 2 is 2.14 bits per heavy atom. The zero-order valence-electron chi connectivity index (χ0n) is 12.5. The fraction of sp³-hybridized carbons (Fsp3) is 0.375. The van der Waals surface area contributed by atoms with E-state index in [2.05, 4.69) is 5.32 Å². The Labute approximate surface area is 130 Å². The van der Waals surface area contributed by atoms with Crippen LogP contribution in [-0.2, 0) is 14.3 Å². The highest BCUT2D eigenvalue weighted by Crippen LogP contribution is 2.17. The standard InChI is InChI=1S/C16H20ClNO3/c1-4-12(3)18-15(19)10-21-16(20)8-7-13-6-5-11(2)14(17)9-13/h5-9,12H,4,10H2,1-3H3,(H,18,19)/b8-7+/t12-/m0/s1. The van der Waals surface area contributed by atoms with Crippen molar-refractivity contribution in [3.05, 3.63) is 40.4 Å². The molecule has 114 valence electrons. The highest BCUT2D eigenvalue weighted by molar-refractivity contribution is 6.31. The molecule has 5 heteroatoms. The molecule has 1 amide bonds. The van der Waals surface area contributed by atoms with Crippen molar-refractivity contribution in [3.8, 4) is 0 Å². The highest BCUT2D eigenvalue weighted by atomic mass is 35.5. The summed E-state index contributed by atoms with van der Waals surface area (Å²) in [4.78, 5) is 22.9. The van der Waals surface area contributed by atoms with Crippen molar-refractivity contribution in [1.29, 1.82) is 0 Å². The van der Waals surface area contributed by atoms with Crippen molar-refractivity contribution in [2.45, 2.75) is 33.2 Å². The van der Waals surface area contributed by atoms with Crippen LogP contribution >= 0.6 is 11.6 Å². The molecule has 0 spiro atoms. The summed E-state index contributed by atoms with van der Waals surface area (Å²) in [5.41, 5.74) is 1.77. The van der Waals surface area contributed by atoms with E-state index in [-0.39, 0.29) is 18.6 Å². The van der Waals surface area contributed by atoms with E-state index in [0.29, 0.717) is 5.02 Å². The number of ether oxygens (including phenoxy) is 1. The van der Waals surface area contributed by atoms with E-state index in [9.17, 15) is 9.59 Å². The summed E-state index contributed by atoms with van der Waals surface area (Å²) in [6.07, 6.45) is 3.70. The predicted molar refractivity (Wildman–Crippen MR) is 84.1 cm³/mol. The molecule has 1 N–H and O–H groups in total. The molecule has 4 nitrogen and oxygen atoms in total. The minimum atomic E-state index is -0.564. The molecule has 1 aromatic carbocycles. The maximum Gasteiger partial charge on any atom is 0.331 e. The van der Waals surface area contributed by atoms with Gasteiger partial charge in [-0.25, -0.2) is 4.79 Å². The lowest BCUT2D eigenvalue weighted by atomic mass is 10.1. The third-order valence-electron chi connectivity index (χ3n) is 2.97. The summed E-state index contributed by atoms with van der Waals surface area (Å²) in [7, 11) is 0. The van der Waals surface area contributed by atoms with Gasteiger partial charge in [-0.1, -0.05) is 30.7 Å². The van der Waals surface area contributed by atoms with Gasteiger partial charge in [0.25, 0.3) is 5.91 Å². The van der Waals surface area contributed by atoms with E-state index in [1.54, 1.807) is 12.1 Å². The monoisotopic (exact) mass is 309 g/mol. The molecule has 0 aromatic heterocycles. The number of nitrogens with one attached hydrogen (secondary N) is 1. The number of carbonyl (C=O) groups is 2. The van der Waals surface area contributed by atoms with Crippen LogP contribution in [-0.4, -0.2) is 24.5 Å². The maximum absolute atomic E-state index is 11.5. The van der Waals surface area contributed by atoms with Gasteiger partial charge in [0.1, 0.15) is 0 Å². The molecule has 1 aromatic rings. The van der Waals surface area contributed by atoms with E-state index in [4.69, 9.17) is 16.3 Å². The van der Waals surface area contributed by atoms with Gasteiger partial charge in [-0.05, 0) is 43.5 Å². The predicted octanol–water partition coefficient (Wildman–Crippen LogP) is 3.12. The smallest absolute Gasteiger partial charge is 0.331 e. The molecule has 21 heavy (non-hydrogen) atoms. The van der Waals surface area contributed by atoms with Gasteiger partial charge in [-0.15, -0.1) is 0 Å². The lowest BCUT2D eigenvalue weighted by Gasteiger charge is -2.10. The zero-order chi connectivity index (χ0) is 15.8. The molecule has 0 unspecified atom stereocenters. The van der Waals surface area contributed by atoms with Crippen LogP contribution in [0.3, 0.4) is 0 Å². The van der Waals surface area contributed by atoms with Gasteiger partial charge >= 0.3 is 5.97 Å². The molecule has 0 radical (unpaired) electrons. The summed E-state index contributed by atoms with van der Waals surface area (Å²) in [5.74, 6) is -0.865. The third kappa shape index (κ3) is 6.45. The first-order valence-electron chi connectivity index (χ1n) is 6.82. The third-order valence-corrected chi connectivity index (χ3v) is 3.38. The number of rotatable bonds is 6. The van der Waals surface area contributed by atoms with Gasteiger partial charge in [-0.3, -0.25) is 4.79 Å². The van der Waals surface area contributed by atoms with Gasteiger partial charge in [-0.2, -0.15) is 0 Å². The second-order valence-corrected chi connectivity index (χ2v) is 5.23. The molecule has 0 aliphatic carbocycles. The maximum atomic E-state index is 11.5. The molecule has 0 heterocycles. The molecule has 0 fully saturated rings.